The maximum absolute atomic E-state index is 11.2. The molecule has 0 N–H and O–H groups in total. The highest BCUT2D eigenvalue weighted by molar-refractivity contribution is 7.21. The number of ether oxygens (including phenoxy) is 1. The number of aromatic nitrogens is 1. The quantitative estimate of drug-likeness (QED) is 0.523. The Kier molecular flexibility index (Phi) is 2.44. The van der Waals surface area contributed by atoms with Crippen LogP contribution in [-0.2, 0) is 4.79 Å². The Balaban J connectivity index is 2.02. The van der Waals surface area contributed by atoms with Crippen LogP contribution in [0.4, 0.5) is 0 Å². The molecule has 0 atom stereocenters. The number of carbonyl (C=O) groups excluding carboxylic acids is 1. The molecular weight excluding hydrogens is 270 g/mol. The summed E-state index contributed by atoms with van der Waals surface area (Å²) >= 11 is 1.46. The summed E-state index contributed by atoms with van der Waals surface area (Å²) in [6.45, 7) is -0.770. The predicted molar refractivity (Wildman–Crippen MR) is 81.1 cm³/mol. The average molecular weight is 286 g/mol. The zero-order valence-corrected chi connectivity index (χ0v) is 11.5. The summed E-state index contributed by atoms with van der Waals surface area (Å²) in [4.78, 5) is 15.7. The van der Waals surface area contributed by atoms with Crippen molar-refractivity contribution >= 4 is 27.5 Å². The van der Waals surface area contributed by atoms with Gasteiger partial charge in [0.05, 0.1) is 4.70 Å². The molecule has 0 aliphatic heterocycles. The number of carbonyl (C=O) groups is 1. The zero-order valence-electron chi connectivity index (χ0n) is 13.7. The molecular formula is C16H13NO2S. The minimum Gasteiger partial charge on any atom is -0.424 e. The topological polar surface area (TPSA) is 39.2 Å². The fraction of sp³-hybridized carbons (Fsp3) is 0.125. The summed E-state index contributed by atoms with van der Waals surface area (Å²) in [6.07, 6.45) is 0. The number of esters is 1. The van der Waals surface area contributed by atoms with E-state index in [1.54, 1.807) is 36.4 Å². The van der Waals surface area contributed by atoms with Crippen LogP contribution in [-0.4, -0.2) is 11.0 Å². The van der Waals surface area contributed by atoms with Gasteiger partial charge < -0.3 is 4.74 Å². The van der Waals surface area contributed by atoms with E-state index in [2.05, 4.69) is 4.98 Å². The van der Waals surface area contributed by atoms with E-state index in [4.69, 9.17) is 8.85 Å². The van der Waals surface area contributed by atoms with E-state index >= 15 is 0 Å². The number of nitrogens with zero attached hydrogens (tertiary/aromatic N) is 1. The van der Waals surface area contributed by atoms with Crippen LogP contribution in [0.1, 0.15) is 16.6 Å². The first kappa shape index (κ1) is 9.66. The summed E-state index contributed by atoms with van der Waals surface area (Å²) in [5.41, 5.74) is 1.75. The van der Waals surface area contributed by atoms with Crippen molar-refractivity contribution in [3.63, 3.8) is 0 Å². The zero-order chi connectivity index (χ0) is 16.6. The monoisotopic (exact) mass is 286 g/mol. The highest BCUT2D eigenvalue weighted by Crippen LogP contribution is 2.34. The molecule has 0 radical (unpaired) electrons. The van der Waals surface area contributed by atoms with E-state index in [0.717, 1.165) is 15.3 Å². The lowest BCUT2D eigenvalue weighted by molar-refractivity contribution is -0.131. The molecule has 0 aliphatic carbocycles. The molecule has 20 heavy (non-hydrogen) atoms. The second-order valence-corrected chi connectivity index (χ2v) is 5.32. The molecule has 4 heteroatoms. The Morgan fingerprint density at radius 1 is 1.25 bits per heavy atom. The summed E-state index contributed by atoms with van der Waals surface area (Å²) in [7, 11) is 0. The fourth-order valence-corrected chi connectivity index (χ4v) is 2.89. The molecule has 0 spiro atoms. The van der Waals surface area contributed by atoms with E-state index < -0.39 is 12.8 Å². The van der Waals surface area contributed by atoms with Gasteiger partial charge >= 0.3 is 5.97 Å². The van der Waals surface area contributed by atoms with E-state index in [1.165, 1.54) is 18.3 Å². The molecule has 1 heterocycles. The third kappa shape index (κ3) is 2.42. The third-order valence-corrected chi connectivity index (χ3v) is 3.84. The molecule has 2 aromatic carbocycles. The van der Waals surface area contributed by atoms with Crippen LogP contribution < -0.4 is 4.74 Å². The molecule has 3 aromatic rings. The first-order valence-corrected chi connectivity index (χ1v) is 6.85. The van der Waals surface area contributed by atoms with Crippen molar-refractivity contribution in [2.75, 3.05) is 0 Å². The maximum Gasteiger partial charge on any atom is 0.308 e. The molecule has 100 valence electrons. The maximum atomic E-state index is 11.2. The second-order valence-electron chi connectivity index (χ2n) is 4.29. The molecule has 0 aliphatic rings. The molecule has 0 unspecified atom stereocenters. The number of fused-ring (bicyclic) bond motifs is 1. The minimum atomic E-state index is -2.12. The highest BCUT2D eigenvalue weighted by atomic mass is 32.1. The van der Waals surface area contributed by atoms with E-state index in [9.17, 15) is 4.79 Å². The molecule has 0 fully saturated rings. The van der Waals surface area contributed by atoms with Gasteiger partial charge in [0.15, 0.2) is 5.75 Å². The number of hydrogen-bond donors (Lipinski definition) is 0. The van der Waals surface area contributed by atoms with Gasteiger partial charge in [-0.1, -0.05) is 35.9 Å². The summed E-state index contributed by atoms with van der Waals surface area (Å²) in [5.74, 6) is 0.0330. The van der Waals surface area contributed by atoms with Crippen LogP contribution >= 0.6 is 11.3 Å². The Bertz CT molecular complexity index is 869. The van der Waals surface area contributed by atoms with E-state index in [0.29, 0.717) is 16.8 Å². The average Bonchev–Trinajstić information content (AvgIpc) is 2.91. The van der Waals surface area contributed by atoms with Crippen molar-refractivity contribution in [1.29, 1.82) is 0 Å². The standard InChI is InChI=1S/C16H13NO2S/c1-10-6-8-12(9-7-10)16-17-15-13(19-11(2)18)4-3-5-14(15)20-16/h3-9H,1-2H3/i1D3. The van der Waals surface area contributed by atoms with Gasteiger partial charge in [-0.3, -0.25) is 4.79 Å². The summed E-state index contributed by atoms with van der Waals surface area (Å²) < 4.78 is 28.3. The number of thiazole rings is 1. The Labute approximate surface area is 125 Å². The molecule has 0 saturated heterocycles. The van der Waals surface area contributed by atoms with Gasteiger partial charge in [0, 0.05) is 16.6 Å². The van der Waals surface area contributed by atoms with Crippen molar-refractivity contribution in [1.82, 2.24) is 4.98 Å². The van der Waals surface area contributed by atoms with Crippen LogP contribution in [0.3, 0.4) is 0 Å². The lowest BCUT2D eigenvalue weighted by atomic mass is 10.2. The van der Waals surface area contributed by atoms with Crippen LogP contribution in [0, 0.1) is 6.85 Å². The number of aryl methyl sites for hydroxylation is 1. The molecule has 3 nitrogen and oxygen atoms in total. The first-order chi connectivity index (χ1) is 10.8. The SMILES string of the molecule is [2H]C([2H])([2H])c1ccc(-c2nc3c(OC(C)=O)cccc3s2)cc1. The van der Waals surface area contributed by atoms with E-state index in [-0.39, 0.29) is 0 Å². The lowest BCUT2D eigenvalue weighted by Crippen LogP contribution is -2.01. The molecule has 1 aromatic heterocycles. The van der Waals surface area contributed by atoms with Gasteiger partial charge in [-0.2, -0.15) is 0 Å². The molecule has 3 rings (SSSR count). The Hall–Kier alpha value is -2.20. The van der Waals surface area contributed by atoms with Gasteiger partial charge in [0.2, 0.25) is 0 Å². The van der Waals surface area contributed by atoms with E-state index in [1.807, 2.05) is 6.07 Å². The number of benzene rings is 2. The van der Waals surface area contributed by atoms with Gasteiger partial charge in [-0.15, -0.1) is 11.3 Å². The van der Waals surface area contributed by atoms with Crippen LogP contribution in [0.2, 0.25) is 0 Å². The molecule has 0 amide bonds. The summed E-state index contributed by atoms with van der Waals surface area (Å²) in [6, 6.07) is 12.1. The van der Waals surface area contributed by atoms with Gasteiger partial charge in [0.25, 0.3) is 0 Å². The van der Waals surface area contributed by atoms with Crippen molar-refractivity contribution in [3.05, 3.63) is 48.0 Å². The minimum absolute atomic E-state index is 0.294. The first-order valence-electron chi connectivity index (χ1n) is 7.53. The smallest absolute Gasteiger partial charge is 0.308 e. The van der Waals surface area contributed by atoms with Crippen molar-refractivity contribution in [3.8, 4) is 16.3 Å². The van der Waals surface area contributed by atoms with Crippen molar-refractivity contribution < 1.29 is 13.6 Å². The van der Waals surface area contributed by atoms with Gasteiger partial charge in [-0.05, 0) is 19.0 Å². The van der Waals surface area contributed by atoms with Crippen molar-refractivity contribution in [2.45, 2.75) is 13.8 Å². The highest BCUT2D eigenvalue weighted by Gasteiger charge is 2.11. The van der Waals surface area contributed by atoms with Gasteiger partial charge in [0.1, 0.15) is 10.5 Å². The number of para-hydroxylation sites is 1. The Morgan fingerprint density at radius 2 is 2.05 bits per heavy atom. The van der Waals surface area contributed by atoms with Crippen LogP contribution in [0.5, 0.6) is 5.75 Å². The second kappa shape index (κ2) is 5.06. The van der Waals surface area contributed by atoms with Gasteiger partial charge in [-0.25, -0.2) is 4.98 Å². The Morgan fingerprint density at radius 3 is 2.75 bits per heavy atom. The predicted octanol–water partition coefficient (Wildman–Crippen LogP) is 4.20. The summed E-state index contributed by atoms with van der Waals surface area (Å²) in [5, 5.41) is 0.747. The third-order valence-electron chi connectivity index (χ3n) is 2.77. The number of hydrogen-bond acceptors (Lipinski definition) is 4. The van der Waals surface area contributed by atoms with Crippen LogP contribution in [0.25, 0.3) is 20.8 Å². The lowest BCUT2D eigenvalue weighted by Gasteiger charge is -2.00. The molecule has 0 saturated carbocycles. The van der Waals surface area contributed by atoms with Crippen molar-refractivity contribution in [2.24, 2.45) is 0 Å². The largest absolute Gasteiger partial charge is 0.424 e. The number of rotatable bonds is 2. The molecule has 0 bridgehead atoms. The normalized spacial score (nSPS) is 13.6. The van der Waals surface area contributed by atoms with Crippen LogP contribution in [0.15, 0.2) is 42.5 Å². The fourth-order valence-electron chi connectivity index (χ4n) is 1.90.